The standard InChI is InChI=1S/C22H25ClFN4O3PS/c1-12(14-4-3-5-15(18(14)23)19(24)32)27-20-17-10-16(13-6-8-33(30,31)9-7-13)22(29)28(2)21(17)26-11-25-20/h3-5,10-13,19H,6-9,32H2,1-2H3,(H,25,26,27)/t12-,19?/m1/s1. The predicted octanol–water partition coefficient (Wildman–Crippen LogP) is 4.29. The minimum absolute atomic E-state index is 0.0758. The average molecular weight is 511 g/mol. The van der Waals surface area contributed by atoms with Gasteiger partial charge in [-0.1, -0.05) is 39.0 Å². The van der Waals surface area contributed by atoms with E-state index in [1.807, 2.05) is 13.0 Å². The summed E-state index contributed by atoms with van der Waals surface area (Å²) in [5, 5.41) is 4.31. The van der Waals surface area contributed by atoms with Gasteiger partial charge in [-0.3, -0.25) is 9.36 Å². The van der Waals surface area contributed by atoms with Crippen LogP contribution in [-0.2, 0) is 16.9 Å². The van der Waals surface area contributed by atoms with E-state index in [1.165, 1.54) is 10.9 Å². The van der Waals surface area contributed by atoms with Gasteiger partial charge in [0, 0.05) is 18.2 Å². The number of anilines is 1. The first kappa shape index (κ1) is 24.0. The van der Waals surface area contributed by atoms with Crippen molar-refractivity contribution in [2.75, 3.05) is 16.8 Å². The van der Waals surface area contributed by atoms with Gasteiger partial charge in [0.1, 0.15) is 33.5 Å². The van der Waals surface area contributed by atoms with Gasteiger partial charge in [0.05, 0.1) is 28.0 Å². The van der Waals surface area contributed by atoms with E-state index in [4.69, 9.17) is 11.6 Å². The van der Waals surface area contributed by atoms with Crippen molar-refractivity contribution in [1.82, 2.24) is 14.5 Å². The third kappa shape index (κ3) is 4.77. The van der Waals surface area contributed by atoms with Gasteiger partial charge in [-0.25, -0.2) is 22.8 Å². The number of alkyl halides is 1. The fourth-order valence-electron chi connectivity index (χ4n) is 4.30. The Morgan fingerprint density at radius 1 is 1.24 bits per heavy atom. The first-order chi connectivity index (χ1) is 15.6. The molecule has 0 radical (unpaired) electrons. The lowest BCUT2D eigenvalue weighted by Crippen LogP contribution is -2.29. The van der Waals surface area contributed by atoms with Crippen LogP contribution in [0.4, 0.5) is 10.2 Å². The van der Waals surface area contributed by atoms with Crippen molar-refractivity contribution in [2.45, 2.75) is 37.6 Å². The maximum absolute atomic E-state index is 13.9. The molecule has 0 spiro atoms. The SMILES string of the molecule is C[C@@H](Nc1ncnc2c1cc(C1CCS(=O)(=O)CC1)c(=O)n2C)c1cccc(C(F)P)c1Cl. The second-order valence-corrected chi connectivity index (χ2v) is 11.6. The predicted molar refractivity (Wildman–Crippen MR) is 132 cm³/mol. The largest absolute Gasteiger partial charge is 0.363 e. The Morgan fingerprint density at radius 3 is 2.58 bits per heavy atom. The van der Waals surface area contributed by atoms with Gasteiger partial charge in [0.25, 0.3) is 5.56 Å². The monoisotopic (exact) mass is 510 g/mol. The van der Waals surface area contributed by atoms with E-state index in [9.17, 15) is 17.6 Å². The highest BCUT2D eigenvalue weighted by Gasteiger charge is 2.28. The molecule has 3 aromatic rings. The fraction of sp³-hybridized carbons (Fsp3) is 0.409. The molecule has 0 amide bonds. The van der Waals surface area contributed by atoms with Crippen molar-refractivity contribution >= 4 is 47.5 Å². The first-order valence-corrected chi connectivity index (χ1v) is 13.4. The van der Waals surface area contributed by atoms with E-state index >= 15 is 0 Å². The third-order valence-electron chi connectivity index (χ3n) is 6.20. The zero-order valence-corrected chi connectivity index (χ0v) is 21.0. The maximum atomic E-state index is 13.9. The number of nitrogens with zero attached hydrogens (tertiary/aromatic N) is 3. The number of hydrogen-bond donors (Lipinski definition) is 1. The van der Waals surface area contributed by atoms with Gasteiger partial charge in [-0.2, -0.15) is 0 Å². The highest BCUT2D eigenvalue weighted by atomic mass is 35.5. The van der Waals surface area contributed by atoms with E-state index in [0.717, 1.165) is 0 Å². The van der Waals surface area contributed by atoms with Crippen LogP contribution in [0.5, 0.6) is 0 Å². The lowest BCUT2D eigenvalue weighted by Gasteiger charge is -2.23. The van der Waals surface area contributed by atoms with Gasteiger partial charge >= 0.3 is 0 Å². The molecule has 1 N–H and O–H groups in total. The Hall–Kier alpha value is -2.09. The second-order valence-electron chi connectivity index (χ2n) is 8.37. The van der Waals surface area contributed by atoms with Gasteiger partial charge in [0.15, 0.2) is 0 Å². The molecular weight excluding hydrogens is 486 g/mol. The summed E-state index contributed by atoms with van der Waals surface area (Å²) in [6, 6.07) is 6.68. The van der Waals surface area contributed by atoms with E-state index in [-0.39, 0.29) is 29.0 Å². The van der Waals surface area contributed by atoms with E-state index in [1.54, 1.807) is 25.2 Å². The summed E-state index contributed by atoms with van der Waals surface area (Å²) in [7, 11) is 0.704. The first-order valence-electron chi connectivity index (χ1n) is 10.6. The third-order valence-corrected chi connectivity index (χ3v) is 8.71. The minimum atomic E-state index is -3.04. The number of sulfone groups is 1. The van der Waals surface area contributed by atoms with Crippen molar-refractivity contribution < 1.29 is 12.8 Å². The van der Waals surface area contributed by atoms with Crippen LogP contribution in [0.15, 0.2) is 35.4 Å². The zero-order valence-electron chi connectivity index (χ0n) is 18.3. The Bertz CT molecular complexity index is 1370. The Balaban J connectivity index is 1.74. The Morgan fingerprint density at radius 2 is 1.91 bits per heavy atom. The molecule has 3 atom stereocenters. The molecule has 4 rings (SSSR count). The van der Waals surface area contributed by atoms with Crippen molar-refractivity contribution in [3.63, 3.8) is 0 Å². The molecule has 2 unspecified atom stereocenters. The summed E-state index contributed by atoms with van der Waals surface area (Å²) < 4.78 is 39.1. The summed E-state index contributed by atoms with van der Waals surface area (Å²) >= 11 is 6.46. The molecule has 1 aromatic carbocycles. The minimum Gasteiger partial charge on any atom is -0.363 e. The molecule has 1 saturated heterocycles. The lowest BCUT2D eigenvalue weighted by molar-refractivity contribution is 0.468. The number of aromatic nitrogens is 3. The number of aryl methyl sites for hydroxylation is 1. The quantitative estimate of drug-likeness (QED) is 0.515. The average Bonchev–Trinajstić information content (AvgIpc) is 2.76. The number of nitrogens with one attached hydrogen (secondary N) is 1. The summed E-state index contributed by atoms with van der Waals surface area (Å²) in [6.45, 7) is 1.89. The van der Waals surface area contributed by atoms with Crippen molar-refractivity contribution in [2.24, 2.45) is 7.05 Å². The van der Waals surface area contributed by atoms with Crippen LogP contribution in [-0.4, -0.2) is 34.5 Å². The highest BCUT2D eigenvalue weighted by Crippen LogP contribution is 2.36. The Kier molecular flexibility index (Phi) is 6.76. The summed E-state index contributed by atoms with van der Waals surface area (Å²) in [6.07, 6.45) is 2.21. The van der Waals surface area contributed by atoms with E-state index in [0.29, 0.717) is 51.4 Å². The molecule has 1 aliphatic rings. The summed E-state index contributed by atoms with van der Waals surface area (Å²) in [5.41, 5.74) is 1.94. The second kappa shape index (κ2) is 9.28. The number of benzene rings is 1. The van der Waals surface area contributed by atoms with Crippen LogP contribution in [0, 0.1) is 0 Å². The van der Waals surface area contributed by atoms with Crippen molar-refractivity contribution in [3.05, 3.63) is 62.7 Å². The number of rotatable bonds is 5. The number of hydrogen-bond acceptors (Lipinski definition) is 6. The normalized spacial score (nSPS) is 18.2. The number of halogens is 2. The van der Waals surface area contributed by atoms with Crippen LogP contribution in [0.2, 0.25) is 5.02 Å². The fourth-order valence-corrected chi connectivity index (χ4v) is 6.57. The topological polar surface area (TPSA) is 94.0 Å². The molecular formula is C22H25ClFN4O3PS. The molecule has 1 aliphatic heterocycles. The smallest absolute Gasteiger partial charge is 0.255 e. The maximum Gasteiger partial charge on any atom is 0.255 e. The van der Waals surface area contributed by atoms with Crippen LogP contribution in [0.25, 0.3) is 11.0 Å². The van der Waals surface area contributed by atoms with Gasteiger partial charge in [-0.05, 0) is 37.3 Å². The molecule has 7 nitrogen and oxygen atoms in total. The van der Waals surface area contributed by atoms with Gasteiger partial charge < -0.3 is 5.32 Å². The number of fused-ring (bicyclic) bond motifs is 1. The molecule has 176 valence electrons. The van der Waals surface area contributed by atoms with Gasteiger partial charge in [0.2, 0.25) is 0 Å². The summed E-state index contributed by atoms with van der Waals surface area (Å²) in [5.74, 6) is -0.756. The molecule has 33 heavy (non-hydrogen) atoms. The molecule has 2 aromatic heterocycles. The van der Waals surface area contributed by atoms with Crippen LogP contribution in [0.3, 0.4) is 0 Å². The molecule has 0 aliphatic carbocycles. The lowest BCUT2D eigenvalue weighted by atomic mass is 9.94. The number of pyridine rings is 1. The molecule has 1 fully saturated rings. The highest BCUT2D eigenvalue weighted by molar-refractivity contribution is 7.91. The molecule has 3 heterocycles. The summed E-state index contributed by atoms with van der Waals surface area (Å²) in [4.78, 5) is 21.7. The van der Waals surface area contributed by atoms with Crippen molar-refractivity contribution in [1.29, 1.82) is 0 Å². The Labute approximate surface area is 198 Å². The van der Waals surface area contributed by atoms with Crippen LogP contribution < -0.4 is 10.9 Å². The van der Waals surface area contributed by atoms with Crippen LogP contribution in [0.1, 0.15) is 54.3 Å². The van der Waals surface area contributed by atoms with Crippen molar-refractivity contribution in [3.8, 4) is 0 Å². The van der Waals surface area contributed by atoms with E-state index < -0.39 is 15.8 Å². The molecule has 0 bridgehead atoms. The molecule has 0 saturated carbocycles. The van der Waals surface area contributed by atoms with Gasteiger partial charge in [-0.15, -0.1) is 0 Å². The van der Waals surface area contributed by atoms with E-state index in [2.05, 4.69) is 24.5 Å². The molecule has 11 heteroatoms. The van der Waals surface area contributed by atoms with Crippen LogP contribution >= 0.6 is 20.8 Å². The zero-order chi connectivity index (χ0) is 23.9.